The van der Waals surface area contributed by atoms with Crippen LogP contribution in [0.15, 0.2) is 24.3 Å². The van der Waals surface area contributed by atoms with Crippen LogP contribution in [-0.2, 0) is 9.53 Å². The average molecular weight is 295 g/mol. The van der Waals surface area contributed by atoms with E-state index >= 15 is 0 Å². The van der Waals surface area contributed by atoms with Crippen LogP contribution in [0.5, 0.6) is 11.5 Å². The molecule has 0 saturated carbocycles. The fourth-order valence-electron chi connectivity index (χ4n) is 2.15. The summed E-state index contributed by atoms with van der Waals surface area (Å²) in [6.07, 6.45) is -0.732. The van der Waals surface area contributed by atoms with Gasteiger partial charge in [-0.25, -0.2) is 4.79 Å². The molecule has 6 nitrogen and oxygen atoms in total. The molecule has 0 amide bonds. The van der Waals surface area contributed by atoms with Crippen molar-refractivity contribution in [3.63, 3.8) is 0 Å². The molecule has 1 aliphatic rings. The van der Waals surface area contributed by atoms with Gasteiger partial charge in [0.2, 0.25) is 0 Å². The molecule has 1 atom stereocenters. The van der Waals surface area contributed by atoms with E-state index in [1.54, 1.807) is 0 Å². The van der Waals surface area contributed by atoms with Crippen LogP contribution >= 0.6 is 0 Å². The Balaban J connectivity index is 1.72. The number of ether oxygens (including phenoxy) is 3. The summed E-state index contributed by atoms with van der Waals surface area (Å²) in [4.78, 5) is 12.9. The zero-order valence-corrected chi connectivity index (χ0v) is 12.2. The maximum atomic E-state index is 10.9. The molecule has 6 heteroatoms. The van der Waals surface area contributed by atoms with Crippen molar-refractivity contribution in [3.8, 4) is 11.5 Å². The number of carboxylic acids is 1. The van der Waals surface area contributed by atoms with Gasteiger partial charge < -0.3 is 19.3 Å². The van der Waals surface area contributed by atoms with Gasteiger partial charge in [0.15, 0.2) is 6.10 Å². The molecule has 21 heavy (non-hydrogen) atoms. The van der Waals surface area contributed by atoms with E-state index in [4.69, 9.17) is 19.3 Å². The third-order valence-electron chi connectivity index (χ3n) is 3.24. The predicted octanol–water partition coefficient (Wildman–Crippen LogP) is 1.25. The van der Waals surface area contributed by atoms with Crippen molar-refractivity contribution in [2.24, 2.45) is 0 Å². The molecule has 116 valence electrons. The fraction of sp³-hybridized carbons (Fsp3) is 0.533. The van der Waals surface area contributed by atoms with Gasteiger partial charge in [-0.2, -0.15) is 0 Å². The van der Waals surface area contributed by atoms with Crippen LogP contribution in [0.4, 0.5) is 0 Å². The number of benzene rings is 1. The maximum absolute atomic E-state index is 10.9. The summed E-state index contributed by atoms with van der Waals surface area (Å²) < 4.78 is 16.2. The molecule has 1 saturated heterocycles. The molecule has 1 aromatic rings. The van der Waals surface area contributed by atoms with Crippen molar-refractivity contribution in [1.82, 2.24) is 4.90 Å². The Morgan fingerprint density at radius 3 is 2.62 bits per heavy atom. The summed E-state index contributed by atoms with van der Waals surface area (Å²) in [5.41, 5.74) is 0. The summed E-state index contributed by atoms with van der Waals surface area (Å²) >= 11 is 0. The first-order chi connectivity index (χ1) is 10.2. The van der Waals surface area contributed by atoms with E-state index < -0.39 is 12.1 Å². The van der Waals surface area contributed by atoms with Gasteiger partial charge in [-0.1, -0.05) is 0 Å². The van der Waals surface area contributed by atoms with Gasteiger partial charge in [0.1, 0.15) is 18.1 Å². The fourth-order valence-corrected chi connectivity index (χ4v) is 2.15. The van der Waals surface area contributed by atoms with Crippen molar-refractivity contribution >= 4 is 5.97 Å². The summed E-state index contributed by atoms with van der Waals surface area (Å²) in [6, 6.07) is 7.47. The molecule has 1 heterocycles. The Kier molecular flexibility index (Phi) is 5.83. The topological polar surface area (TPSA) is 68.2 Å². The largest absolute Gasteiger partial charge is 0.494 e. The summed E-state index contributed by atoms with van der Waals surface area (Å²) in [5.74, 6) is 0.691. The van der Waals surface area contributed by atoms with E-state index in [-0.39, 0.29) is 0 Å². The first-order valence-corrected chi connectivity index (χ1v) is 7.11. The third-order valence-corrected chi connectivity index (χ3v) is 3.24. The minimum atomic E-state index is -0.910. The smallest absolute Gasteiger partial charge is 0.334 e. The predicted molar refractivity (Wildman–Crippen MR) is 76.9 cm³/mol. The Morgan fingerprint density at radius 2 is 2.00 bits per heavy atom. The second-order valence-corrected chi connectivity index (χ2v) is 4.75. The highest BCUT2D eigenvalue weighted by Gasteiger charge is 2.25. The van der Waals surface area contributed by atoms with E-state index in [2.05, 4.69) is 0 Å². The van der Waals surface area contributed by atoms with Crippen LogP contribution in [0.25, 0.3) is 0 Å². The number of morpholine rings is 1. The Labute approximate surface area is 124 Å². The number of aliphatic carboxylic acids is 1. The van der Waals surface area contributed by atoms with Gasteiger partial charge in [0, 0.05) is 19.6 Å². The van der Waals surface area contributed by atoms with Crippen LogP contribution in [-0.4, -0.2) is 61.5 Å². The quantitative estimate of drug-likeness (QED) is 0.816. The van der Waals surface area contributed by atoms with Gasteiger partial charge in [-0.3, -0.25) is 4.90 Å². The highest BCUT2D eigenvalue weighted by atomic mass is 16.5. The lowest BCUT2D eigenvalue weighted by Crippen LogP contribution is -2.47. The van der Waals surface area contributed by atoms with Gasteiger partial charge in [-0.15, -0.1) is 0 Å². The van der Waals surface area contributed by atoms with Crippen molar-refractivity contribution in [1.29, 1.82) is 0 Å². The zero-order chi connectivity index (χ0) is 15.1. The Bertz CT molecular complexity index is 448. The van der Waals surface area contributed by atoms with Gasteiger partial charge in [0.05, 0.1) is 13.2 Å². The summed E-state index contributed by atoms with van der Waals surface area (Å²) in [6.45, 7) is 5.36. The van der Waals surface area contributed by atoms with Crippen LogP contribution in [0, 0.1) is 0 Å². The number of carboxylic acid groups (broad SMARTS) is 1. The SMILES string of the molecule is CCOc1ccc(OCCN2CCOC(C(=O)O)C2)cc1. The molecular formula is C15H21NO5. The standard InChI is InChI=1S/C15H21NO5/c1-2-19-12-3-5-13(6-4-12)20-9-7-16-8-10-21-14(11-16)15(17)18/h3-6,14H,2,7-11H2,1H3,(H,17,18). The molecule has 1 unspecified atom stereocenters. The second kappa shape index (κ2) is 7.85. The maximum Gasteiger partial charge on any atom is 0.334 e. The van der Waals surface area contributed by atoms with Gasteiger partial charge in [0.25, 0.3) is 0 Å². The highest BCUT2D eigenvalue weighted by molar-refractivity contribution is 5.72. The number of hydrogen-bond acceptors (Lipinski definition) is 5. The van der Waals surface area contributed by atoms with Crippen LogP contribution in [0.2, 0.25) is 0 Å². The lowest BCUT2D eigenvalue weighted by Gasteiger charge is -2.30. The Morgan fingerprint density at radius 1 is 1.33 bits per heavy atom. The lowest BCUT2D eigenvalue weighted by molar-refractivity contribution is -0.156. The van der Waals surface area contributed by atoms with E-state index in [1.807, 2.05) is 36.1 Å². The molecule has 0 aromatic heterocycles. The first kappa shape index (κ1) is 15.6. The van der Waals surface area contributed by atoms with E-state index in [0.717, 1.165) is 18.0 Å². The van der Waals surface area contributed by atoms with Crippen LogP contribution in [0.1, 0.15) is 6.92 Å². The Hall–Kier alpha value is -1.79. The molecule has 1 N–H and O–H groups in total. The number of carbonyl (C=O) groups is 1. The molecular weight excluding hydrogens is 274 g/mol. The zero-order valence-electron chi connectivity index (χ0n) is 12.2. The van der Waals surface area contributed by atoms with Crippen LogP contribution in [0.3, 0.4) is 0 Å². The molecule has 1 aliphatic heterocycles. The minimum Gasteiger partial charge on any atom is -0.494 e. The monoisotopic (exact) mass is 295 g/mol. The molecule has 2 rings (SSSR count). The average Bonchev–Trinajstić information content (AvgIpc) is 2.50. The first-order valence-electron chi connectivity index (χ1n) is 7.11. The molecule has 0 aliphatic carbocycles. The molecule has 1 aromatic carbocycles. The summed E-state index contributed by atoms with van der Waals surface area (Å²) in [7, 11) is 0. The van der Waals surface area contributed by atoms with Crippen molar-refractivity contribution in [3.05, 3.63) is 24.3 Å². The lowest BCUT2D eigenvalue weighted by atomic mass is 10.3. The molecule has 0 radical (unpaired) electrons. The van der Waals surface area contributed by atoms with E-state index in [0.29, 0.717) is 32.9 Å². The van der Waals surface area contributed by atoms with Crippen molar-refractivity contribution < 1.29 is 24.1 Å². The van der Waals surface area contributed by atoms with Gasteiger partial charge >= 0.3 is 5.97 Å². The highest BCUT2D eigenvalue weighted by Crippen LogP contribution is 2.17. The second-order valence-electron chi connectivity index (χ2n) is 4.75. The van der Waals surface area contributed by atoms with Crippen molar-refractivity contribution in [2.75, 3.05) is 39.5 Å². The third kappa shape index (κ3) is 4.91. The number of hydrogen-bond donors (Lipinski definition) is 1. The molecule has 1 fully saturated rings. The number of rotatable bonds is 7. The molecule has 0 spiro atoms. The molecule has 0 bridgehead atoms. The number of nitrogens with zero attached hydrogens (tertiary/aromatic N) is 1. The van der Waals surface area contributed by atoms with E-state index in [9.17, 15) is 4.79 Å². The van der Waals surface area contributed by atoms with E-state index in [1.165, 1.54) is 0 Å². The minimum absolute atomic E-state index is 0.405. The van der Waals surface area contributed by atoms with Crippen LogP contribution < -0.4 is 9.47 Å². The van der Waals surface area contributed by atoms with Crippen molar-refractivity contribution in [2.45, 2.75) is 13.0 Å². The normalized spacial score (nSPS) is 19.2. The summed E-state index contributed by atoms with van der Waals surface area (Å²) in [5, 5.41) is 8.93. The van der Waals surface area contributed by atoms with Gasteiger partial charge in [-0.05, 0) is 31.2 Å².